The number of hydrogen-bond acceptors (Lipinski definition) is 3. The lowest BCUT2D eigenvalue weighted by Crippen LogP contribution is -2.34. The normalized spacial score (nSPS) is 11.9. The van der Waals surface area contributed by atoms with Gasteiger partial charge < -0.3 is 15.8 Å². The van der Waals surface area contributed by atoms with Gasteiger partial charge in [0.1, 0.15) is 5.75 Å². The molecule has 0 fully saturated rings. The summed E-state index contributed by atoms with van der Waals surface area (Å²) >= 11 is 0. The molecule has 0 spiro atoms. The Morgan fingerprint density at radius 2 is 2.12 bits per heavy atom. The lowest BCUT2D eigenvalue weighted by molar-refractivity contribution is -0.122. The summed E-state index contributed by atoms with van der Waals surface area (Å²) in [5, 5.41) is 2.87. The fraction of sp³-hybridized carbons (Fsp3) is 0.462. The zero-order valence-corrected chi connectivity index (χ0v) is 10.2. The Morgan fingerprint density at radius 1 is 1.41 bits per heavy atom. The van der Waals surface area contributed by atoms with Crippen LogP contribution in [0.15, 0.2) is 30.3 Å². The van der Waals surface area contributed by atoms with E-state index in [0.717, 1.165) is 12.2 Å². The van der Waals surface area contributed by atoms with E-state index in [-0.39, 0.29) is 11.9 Å². The van der Waals surface area contributed by atoms with Crippen LogP contribution in [0.3, 0.4) is 0 Å². The molecule has 0 aliphatic heterocycles. The molecule has 17 heavy (non-hydrogen) atoms. The third kappa shape index (κ3) is 5.92. The lowest BCUT2D eigenvalue weighted by atomic mass is 10.2. The van der Waals surface area contributed by atoms with Gasteiger partial charge in [-0.2, -0.15) is 0 Å². The van der Waals surface area contributed by atoms with Gasteiger partial charge in [0.25, 0.3) is 0 Å². The number of rotatable bonds is 7. The van der Waals surface area contributed by atoms with Gasteiger partial charge >= 0.3 is 0 Å². The molecule has 0 aliphatic rings. The molecule has 0 radical (unpaired) electrons. The van der Waals surface area contributed by atoms with E-state index in [4.69, 9.17) is 10.5 Å². The number of nitrogens with one attached hydrogen (secondary N) is 1. The molecule has 0 aliphatic carbocycles. The van der Waals surface area contributed by atoms with Crippen molar-refractivity contribution < 1.29 is 9.53 Å². The maximum absolute atomic E-state index is 11.5. The SMILES string of the molecule is CC(CCN)NC(=O)CCOc1ccccc1. The molecular weight excluding hydrogens is 216 g/mol. The van der Waals surface area contributed by atoms with Gasteiger partial charge in [-0.05, 0) is 32.0 Å². The average molecular weight is 236 g/mol. The van der Waals surface area contributed by atoms with Gasteiger partial charge in [-0.15, -0.1) is 0 Å². The van der Waals surface area contributed by atoms with E-state index in [1.807, 2.05) is 37.3 Å². The van der Waals surface area contributed by atoms with Gasteiger partial charge in [0.15, 0.2) is 0 Å². The highest BCUT2D eigenvalue weighted by Crippen LogP contribution is 2.08. The molecule has 1 rings (SSSR count). The summed E-state index contributed by atoms with van der Waals surface area (Å²) in [6.45, 7) is 2.93. The first-order valence-electron chi connectivity index (χ1n) is 5.89. The van der Waals surface area contributed by atoms with Crippen molar-refractivity contribution >= 4 is 5.91 Å². The van der Waals surface area contributed by atoms with Crippen LogP contribution < -0.4 is 15.8 Å². The Morgan fingerprint density at radius 3 is 2.76 bits per heavy atom. The van der Waals surface area contributed by atoms with Crippen molar-refractivity contribution in [2.75, 3.05) is 13.2 Å². The van der Waals surface area contributed by atoms with Gasteiger partial charge in [-0.1, -0.05) is 18.2 Å². The molecule has 94 valence electrons. The standard InChI is InChI=1S/C13H20N2O2/c1-11(7-9-14)15-13(16)8-10-17-12-5-3-2-4-6-12/h2-6,11H,7-10,14H2,1H3,(H,15,16). The Labute approximate surface area is 102 Å². The maximum Gasteiger partial charge on any atom is 0.223 e. The van der Waals surface area contributed by atoms with Crippen molar-refractivity contribution in [1.29, 1.82) is 0 Å². The largest absolute Gasteiger partial charge is 0.493 e. The number of amides is 1. The number of carbonyl (C=O) groups is 1. The second kappa shape index (κ2) is 7.68. The molecule has 0 aromatic heterocycles. The average Bonchev–Trinajstić information content (AvgIpc) is 2.30. The smallest absolute Gasteiger partial charge is 0.223 e. The molecule has 1 aromatic carbocycles. The highest BCUT2D eigenvalue weighted by atomic mass is 16.5. The van der Waals surface area contributed by atoms with Crippen LogP contribution in [0.1, 0.15) is 19.8 Å². The van der Waals surface area contributed by atoms with Crippen LogP contribution in [0, 0.1) is 0 Å². The van der Waals surface area contributed by atoms with Gasteiger partial charge in [0.2, 0.25) is 5.91 Å². The van der Waals surface area contributed by atoms with E-state index < -0.39 is 0 Å². The quantitative estimate of drug-likeness (QED) is 0.750. The second-order valence-electron chi connectivity index (χ2n) is 3.96. The van der Waals surface area contributed by atoms with Crippen LogP contribution in [0.4, 0.5) is 0 Å². The summed E-state index contributed by atoms with van der Waals surface area (Å²) < 4.78 is 5.43. The maximum atomic E-state index is 11.5. The van der Waals surface area contributed by atoms with Crippen molar-refractivity contribution in [2.24, 2.45) is 5.73 Å². The van der Waals surface area contributed by atoms with E-state index in [1.165, 1.54) is 0 Å². The topological polar surface area (TPSA) is 64.3 Å². The predicted molar refractivity (Wildman–Crippen MR) is 67.8 cm³/mol. The van der Waals surface area contributed by atoms with E-state index in [1.54, 1.807) is 0 Å². The van der Waals surface area contributed by atoms with E-state index in [0.29, 0.717) is 19.6 Å². The molecule has 1 aromatic rings. The predicted octanol–water partition coefficient (Wildman–Crippen LogP) is 1.31. The van der Waals surface area contributed by atoms with Crippen LogP contribution in [0.5, 0.6) is 5.75 Å². The van der Waals surface area contributed by atoms with Gasteiger partial charge in [0.05, 0.1) is 13.0 Å². The van der Waals surface area contributed by atoms with Crippen LogP contribution in [0.2, 0.25) is 0 Å². The van der Waals surface area contributed by atoms with Gasteiger partial charge in [0, 0.05) is 6.04 Å². The molecule has 0 saturated heterocycles. The third-order valence-electron chi connectivity index (χ3n) is 2.35. The minimum absolute atomic E-state index is 0.00174. The summed E-state index contributed by atoms with van der Waals surface area (Å²) in [5.74, 6) is 0.789. The second-order valence-corrected chi connectivity index (χ2v) is 3.96. The monoisotopic (exact) mass is 236 g/mol. The lowest BCUT2D eigenvalue weighted by Gasteiger charge is -2.12. The Balaban J connectivity index is 2.16. The van der Waals surface area contributed by atoms with Crippen molar-refractivity contribution in [2.45, 2.75) is 25.8 Å². The highest BCUT2D eigenvalue weighted by Gasteiger charge is 2.06. The summed E-state index contributed by atoms with van der Waals surface area (Å²) in [6, 6.07) is 9.60. The van der Waals surface area contributed by atoms with Crippen LogP contribution in [0.25, 0.3) is 0 Å². The Kier molecular flexibility index (Phi) is 6.10. The van der Waals surface area contributed by atoms with Gasteiger partial charge in [-0.3, -0.25) is 4.79 Å². The molecule has 1 unspecified atom stereocenters. The first-order valence-corrected chi connectivity index (χ1v) is 5.89. The molecule has 4 heteroatoms. The molecule has 0 heterocycles. The summed E-state index contributed by atoms with van der Waals surface area (Å²) in [4.78, 5) is 11.5. The minimum atomic E-state index is 0.00174. The Hall–Kier alpha value is -1.55. The van der Waals surface area contributed by atoms with Gasteiger partial charge in [-0.25, -0.2) is 0 Å². The molecule has 3 N–H and O–H groups in total. The number of carbonyl (C=O) groups excluding carboxylic acids is 1. The third-order valence-corrected chi connectivity index (χ3v) is 2.35. The van der Waals surface area contributed by atoms with Crippen LogP contribution in [-0.4, -0.2) is 25.1 Å². The fourth-order valence-corrected chi connectivity index (χ4v) is 1.45. The van der Waals surface area contributed by atoms with Crippen molar-refractivity contribution in [3.05, 3.63) is 30.3 Å². The zero-order chi connectivity index (χ0) is 12.5. The van der Waals surface area contributed by atoms with Crippen LogP contribution >= 0.6 is 0 Å². The van der Waals surface area contributed by atoms with E-state index in [9.17, 15) is 4.79 Å². The Bertz CT molecular complexity index is 327. The summed E-state index contributed by atoms with van der Waals surface area (Å²) in [6.07, 6.45) is 1.16. The summed E-state index contributed by atoms with van der Waals surface area (Å²) in [7, 11) is 0. The number of ether oxygens (including phenoxy) is 1. The fourth-order valence-electron chi connectivity index (χ4n) is 1.45. The number of benzene rings is 1. The number of nitrogens with two attached hydrogens (primary N) is 1. The van der Waals surface area contributed by atoms with Crippen molar-refractivity contribution in [1.82, 2.24) is 5.32 Å². The first-order chi connectivity index (χ1) is 8.22. The van der Waals surface area contributed by atoms with Crippen LogP contribution in [-0.2, 0) is 4.79 Å². The van der Waals surface area contributed by atoms with E-state index >= 15 is 0 Å². The zero-order valence-electron chi connectivity index (χ0n) is 10.2. The molecule has 4 nitrogen and oxygen atoms in total. The molecular formula is C13H20N2O2. The molecule has 1 amide bonds. The van der Waals surface area contributed by atoms with Crippen molar-refractivity contribution in [3.8, 4) is 5.75 Å². The number of para-hydroxylation sites is 1. The molecule has 0 saturated carbocycles. The highest BCUT2D eigenvalue weighted by molar-refractivity contribution is 5.76. The number of hydrogen-bond donors (Lipinski definition) is 2. The first kappa shape index (κ1) is 13.5. The van der Waals surface area contributed by atoms with E-state index in [2.05, 4.69) is 5.32 Å². The minimum Gasteiger partial charge on any atom is -0.493 e. The summed E-state index contributed by atoms with van der Waals surface area (Å²) in [5.41, 5.74) is 5.41. The molecule has 0 bridgehead atoms. The van der Waals surface area contributed by atoms with Crippen molar-refractivity contribution in [3.63, 3.8) is 0 Å². The molecule has 1 atom stereocenters.